The largest absolute Gasteiger partial charge is 0.490 e. The number of rotatable bonds is 6. The molecule has 3 aromatic rings. The van der Waals surface area contributed by atoms with E-state index >= 15 is 0 Å². The van der Waals surface area contributed by atoms with Crippen LogP contribution in [0.25, 0.3) is 21.8 Å². The molecule has 0 bridgehead atoms. The Morgan fingerprint density at radius 3 is 2.50 bits per heavy atom. The number of ether oxygens (including phenoxy) is 2. The molecule has 0 spiro atoms. The molecule has 0 radical (unpaired) electrons. The third-order valence-electron chi connectivity index (χ3n) is 7.51. The average molecular weight is 463 g/mol. The maximum absolute atomic E-state index is 13.9. The van der Waals surface area contributed by atoms with Crippen LogP contribution in [0.3, 0.4) is 0 Å². The number of carbonyl (C=O) groups is 2. The van der Waals surface area contributed by atoms with Gasteiger partial charge < -0.3 is 19.4 Å². The number of aromatic amines is 1. The fourth-order valence-electron chi connectivity index (χ4n) is 5.75. The van der Waals surface area contributed by atoms with Gasteiger partial charge in [0.05, 0.1) is 40.8 Å². The van der Waals surface area contributed by atoms with Crippen molar-refractivity contribution < 1.29 is 19.1 Å². The molecule has 1 fully saturated rings. The topological polar surface area (TPSA) is 78.1 Å². The Morgan fingerprint density at radius 1 is 0.941 bits per heavy atom. The summed E-state index contributed by atoms with van der Waals surface area (Å²) in [6.07, 6.45) is 2.74. The van der Waals surface area contributed by atoms with E-state index in [-0.39, 0.29) is 11.8 Å². The van der Waals surface area contributed by atoms with Gasteiger partial charge in [0, 0.05) is 38.7 Å². The first-order valence-electron chi connectivity index (χ1n) is 12.1. The van der Waals surface area contributed by atoms with E-state index in [1.807, 2.05) is 18.2 Å². The highest BCUT2D eigenvalue weighted by atomic mass is 16.5. The quantitative estimate of drug-likeness (QED) is 0.448. The molecule has 0 unspecified atom stereocenters. The van der Waals surface area contributed by atoms with Gasteiger partial charge in [-0.25, -0.2) is 0 Å². The average Bonchev–Trinajstić information content (AvgIpc) is 3.52. The normalized spacial score (nSPS) is 18.9. The molecule has 3 heterocycles. The van der Waals surface area contributed by atoms with E-state index in [1.54, 1.807) is 7.11 Å². The smallest absolute Gasteiger partial charge is 0.263 e. The Labute approximate surface area is 198 Å². The number of hydrogen-bond donors (Lipinski definition) is 1. The number of aryl methyl sites for hydroxylation is 1. The second-order valence-corrected chi connectivity index (χ2v) is 9.56. The fourth-order valence-corrected chi connectivity index (χ4v) is 5.75. The summed E-state index contributed by atoms with van der Waals surface area (Å²) in [6.45, 7) is 4.81. The molecule has 8 nitrogen and oxygen atoms in total. The lowest BCUT2D eigenvalue weighted by Gasteiger charge is -2.34. The summed E-state index contributed by atoms with van der Waals surface area (Å²) in [4.78, 5) is 37.1. The second kappa shape index (κ2) is 8.37. The number of fused-ring (bicyclic) bond motifs is 8. The van der Waals surface area contributed by atoms with E-state index < -0.39 is 0 Å². The number of imide groups is 1. The monoisotopic (exact) mass is 462 g/mol. The Hall–Kier alpha value is -2.94. The van der Waals surface area contributed by atoms with Gasteiger partial charge in [-0.1, -0.05) is 6.07 Å². The minimum Gasteiger partial charge on any atom is -0.490 e. The van der Waals surface area contributed by atoms with Crippen molar-refractivity contribution in [2.45, 2.75) is 19.3 Å². The lowest BCUT2D eigenvalue weighted by Crippen LogP contribution is -2.50. The molecule has 1 saturated heterocycles. The fraction of sp³-hybridized carbons (Fsp3) is 0.462. The van der Waals surface area contributed by atoms with Gasteiger partial charge in [0.2, 0.25) is 0 Å². The molecule has 8 heteroatoms. The van der Waals surface area contributed by atoms with Gasteiger partial charge in [-0.15, -0.1) is 0 Å². The number of likely N-dealkylation sites (N-methyl/N-ethyl adjacent to an activating group) is 1. The number of benzene rings is 2. The van der Waals surface area contributed by atoms with E-state index in [9.17, 15) is 9.59 Å². The molecular formula is C26H30N4O4. The minimum absolute atomic E-state index is 0.147. The summed E-state index contributed by atoms with van der Waals surface area (Å²) in [5.74, 6) is 0.371. The van der Waals surface area contributed by atoms with Crippen LogP contribution >= 0.6 is 0 Å². The van der Waals surface area contributed by atoms with Crippen LogP contribution in [0.1, 0.15) is 38.3 Å². The standard InChI is InChI=1S/C26H30N4O4/c1-28-9-11-29(12-10-28)15-30-25(31)20-16-5-3-6-17(16)24-22(23(20)26(30)32)21-18(27-24)7-4-8-19(21)34-14-13-33-2/h4,7-8,27H,3,5-6,9-15H2,1-2H3. The van der Waals surface area contributed by atoms with Crippen LogP contribution < -0.4 is 4.74 Å². The lowest BCUT2D eigenvalue weighted by molar-refractivity contribution is 0.0476. The predicted molar refractivity (Wildman–Crippen MR) is 130 cm³/mol. The maximum Gasteiger partial charge on any atom is 0.263 e. The highest BCUT2D eigenvalue weighted by Crippen LogP contribution is 2.45. The van der Waals surface area contributed by atoms with Gasteiger partial charge in [-0.3, -0.25) is 19.4 Å². The number of H-pyrrole nitrogens is 1. The molecule has 6 rings (SSSR count). The summed E-state index contributed by atoms with van der Waals surface area (Å²) in [5.41, 5.74) is 5.29. The number of nitrogens with zero attached hydrogens (tertiary/aromatic N) is 3. The first-order valence-corrected chi connectivity index (χ1v) is 12.1. The van der Waals surface area contributed by atoms with Crippen molar-refractivity contribution in [3.05, 3.63) is 40.5 Å². The van der Waals surface area contributed by atoms with Crippen LogP contribution in [0.15, 0.2) is 18.2 Å². The number of nitrogens with one attached hydrogen (secondary N) is 1. The number of methoxy groups -OCH3 is 1. The Morgan fingerprint density at radius 2 is 1.71 bits per heavy atom. The van der Waals surface area contributed by atoms with Crippen molar-refractivity contribution >= 4 is 33.6 Å². The molecular weight excluding hydrogens is 432 g/mol. The van der Waals surface area contributed by atoms with Crippen LogP contribution in [0, 0.1) is 0 Å². The molecule has 34 heavy (non-hydrogen) atoms. The number of aromatic nitrogens is 1. The molecule has 0 atom stereocenters. The van der Waals surface area contributed by atoms with Gasteiger partial charge in [-0.2, -0.15) is 0 Å². The third-order valence-corrected chi connectivity index (χ3v) is 7.51. The molecule has 2 aromatic carbocycles. The molecule has 178 valence electrons. The molecule has 1 N–H and O–H groups in total. The van der Waals surface area contributed by atoms with E-state index in [2.05, 4.69) is 21.8 Å². The number of hydrogen-bond acceptors (Lipinski definition) is 6. The summed E-state index contributed by atoms with van der Waals surface area (Å²) in [7, 11) is 3.74. The summed E-state index contributed by atoms with van der Waals surface area (Å²) < 4.78 is 11.2. The van der Waals surface area contributed by atoms with E-state index in [0.717, 1.165) is 72.8 Å². The predicted octanol–water partition coefficient (Wildman–Crippen LogP) is 2.64. The van der Waals surface area contributed by atoms with Crippen molar-refractivity contribution in [3.8, 4) is 5.75 Å². The molecule has 2 amide bonds. The summed E-state index contributed by atoms with van der Waals surface area (Å²) in [5, 5.41) is 1.71. The Kier molecular flexibility index (Phi) is 5.32. The van der Waals surface area contributed by atoms with Crippen LogP contribution in [-0.2, 0) is 17.6 Å². The summed E-state index contributed by atoms with van der Waals surface area (Å²) >= 11 is 0. The van der Waals surface area contributed by atoms with E-state index in [4.69, 9.17) is 9.47 Å². The first kappa shape index (κ1) is 21.6. The number of piperazine rings is 1. The van der Waals surface area contributed by atoms with Gasteiger partial charge in [0.1, 0.15) is 12.4 Å². The van der Waals surface area contributed by atoms with Gasteiger partial charge in [0.25, 0.3) is 11.8 Å². The van der Waals surface area contributed by atoms with Crippen molar-refractivity contribution in [1.29, 1.82) is 0 Å². The van der Waals surface area contributed by atoms with Crippen molar-refractivity contribution in [1.82, 2.24) is 19.7 Å². The zero-order valence-electron chi connectivity index (χ0n) is 19.8. The van der Waals surface area contributed by atoms with Crippen molar-refractivity contribution in [2.24, 2.45) is 0 Å². The van der Waals surface area contributed by atoms with Gasteiger partial charge in [0.15, 0.2) is 0 Å². The maximum atomic E-state index is 13.9. The molecule has 3 aliphatic rings. The second-order valence-electron chi connectivity index (χ2n) is 9.56. The van der Waals surface area contributed by atoms with Crippen LogP contribution in [0.4, 0.5) is 0 Å². The highest BCUT2D eigenvalue weighted by molar-refractivity contribution is 6.31. The highest BCUT2D eigenvalue weighted by Gasteiger charge is 2.43. The first-order chi connectivity index (χ1) is 16.6. The SMILES string of the molecule is COCCOc1cccc2[nH]c3c4c(c5c(c3c12)C(=O)N(CN1CCN(C)CC1)C5=O)CCC4. The van der Waals surface area contributed by atoms with Gasteiger partial charge >= 0.3 is 0 Å². The van der Waals surface area contributed by atoms with E-state index in [0.29, 0.717) is 36.8 Å². The third kappa shape index (κ3) is 3.24. The Bertz CT molecular complexity index is 1310. The zero-order chi connectivity index (χ0) is 23.4. The van der Waals surface area contributed by atoms with Crippen LogP contribution in [0.2, 0.25) is 0 Å². The number of carbonyl (C=O) groups excluding carboxylic acids is 2. The van der Waals surface area contributed by atoms with E-state index in [1.165, 1.54) is 10.5 Å². The Balaban J connectivity index is 1.50. The number of amides is 2. The van der Waals surface area contributed by atoms with Crippen LogP contribution in [0.5, 0.6) is 5.75 Å². The molecule has 2 aliphatic heterocycles. The molecule has 0 saturated carbocycles. The molecule has 1 aromatic heterocycles. The van der Waals surface area contributed by atoms with Gasteiger partial charge in [-0.05, 0) is 49.6 Å². The van der Waals surface area contributed by atoms with Crippen LogP contribution in [-0.4, -0.2) is 91.7 Å². The minimum atomic E-state index is -0.189. The molecule has 1 aliphatic carbocycles. The van der Waals surface area contributed by atoms with Crippen molar-refractivity contribution in [3.63, 3.8) is 0 Å². The summed E-state index contributed by atoms with van der Waals surface area (Å²) in [6, 6.07) is 5.89. The zero-order valence-corrected chi connectivity index (χ0v) is 19.8. The van der Waals surface area contributed by atoms with Crippen molar-refractivity contribution in [2.75, 3.05) is 60.2 Å². The lowest BCUT2D eigenvalue weighted by atomic mass is 9.93.